The molecule has 424 valence electrons. The largest absolute Gasteiger partial charge is 0.268 e. The van der Waals surface area contributed by atoms with E-state index in [4.69, 9.17) is 9.97 Å². The van der Waals surface area contributed by atoms with Crippen LogP contribution in [0, 0.1) is 0 Å². The van der Waals surface area contributed by atoms with E-state index >= 15 is 0 Å². The number of hydrogen-bond acceptors (Lipinski definition) is 4. The Morgan fingerprint density at radius 2 is 0.544 bits per heavy atom. The molecule has 6 heteroatoms. The van der Waals surface area contributed by atoms with E-state index in [1.165, 1.54) is 0 Å². The van der Waals surface area contributed by atoms with Gasteiger partial charge in [0.05, 0.1) is 22.1 Å². The molecule has 0 amide bonds. The molecule has 0 atom stereocenters. The van der Waals surface area contributed by atoms with E-state index in [1.54, 1.807) is 8.80 Å². The fraction of sp³-hybridized carbons (Fsp3) is 0. The Hall–Kier alpha value is -12.1. The number of nitrogens with zero attached hydrogens (tertiary/aromatic N) is 4. The second-order valence-corrected chi connectivity index (χ2v) is 22.7. The van der Waals surface area contributed by atoms with Gasteiger partial charge in [-0.15, -0.1) is 0 Å². The molecule has 0 aliphatic heterocycles. The van der Waals surface area contributed by atoms with E-state index in [-0.39, 0.29) is 11.1 Å². The Bertz CT molecular complexity index is 5450. The maximum absolute atomic E-state index is 14.5. The van der Waals surface area contributed by atoms with Gasteiger partial charge in [0.2, 0.25) is 0 Å². The van der Waals surface area contributed by atoms with Gasteiger partial charge >= 0.3 is 0 Å². The van der Waals surface area contributed by atoms with E-state index in [0.717, 1.165) is 155 Å². The van der Waals surface area contributed by atoms with Crippen molar-refractivity contribution in [3.05, 3.63) is 324 Å². The summed E-state index contributed by atoms with van der Waals surface area (Å²) in [4.78, 5) is 39.4. The lowest BCUT2D eigenvalue weighted by Gasteiger charge is -2.12. The highest BCUT2D eigenvalue weighted by atomic mass is 16.1. The zero-order valence-corrected chi connectivity index (χ0v) is 49.3. The van der Waals surface area contributed by atoms with Gasteiger partial charge in [0.15, 0.2) is 0 Å². The second kappa shape index (κ2) is 22.0. The van der Waals surface area contributed by atoms with Crippen molar-refractivity contribution in [1.82, 2.24) is 18.8 Å². The first kappa shape index (κ1) is 54.5. The van der Waals surface area contributed by atoms with Crippen molar-refractivity contribution >= 4 is 113 Å². The molecule has 90 heavy (non-hydrogen) atoms. The van der Waals surface area contributed by atoms with Crippen molar-refractivity contribution in [1.29, 1.82) is 0 Å². The molecule has 16 rings (SSSR count). The number of pyridine rings is 2. The van der Waals surface area contributed by atoms with Crippen LogP contribution in [0.1, 0.15) is 33.4 Å². The molecule has 0 fully saturated rings. The van der Waals surface area contributed by atoms with Crippen molar-refractivity contribution < 1.29 is 0 Å². The van der Waals surface area contributed by atoms with Gasteiger partial charge in [0, 0.05) is 43.4 Å². The fourth-order valence-corrected chi connectivity index (χ4v) is 13.0. The lowest BCUT2D eigenvalue weighted by atomic mass is 9.93. The normalized spacial score (nSPS) is 11.5. The van der Waals surface area contributed by atoms with E-state index < -0.39 is 0 Å². The fourth-order valence-electron chi connectivity index (χ4n) is 13.0. The number of hydrogen-bond donors (Lipinski definition) is 0. The standard InChI is InChI=1S/2C42H28N2O/c1-4-26-10-16-29(17-11-26)32-24-37(31-20-14-28(6-3)15-21-31)40-38(25-32)44-41(43-40)35-23-22-33(30-18-12-27(5-2)13-19-30)34-8-7-9-36(39(34)35)42(44)45;1-4-26-10-16-29(17-11-26)32-24-37(31-20-14-28(6-3)15-21-31)40-38(25-32)44-41(43-40)35-9-7-8-34-33(22-23-36(39(34)35)42(44)45)30-18-12-27(5-2)13-19-30/h2*4-25H,1-3H2. The second-order valence-electron chi connectivity index (χ2n) is 22.7. The van der Waals surface area contributed by atoms with Gasteiger partial charge in [-0.05, 0) is 142 Å². The van der Waals surface area contributed by atoms with Crippen LogP contribution in [-0.4, -0.2) is 18.8 Å². The van der Waals surface area contributed by atoms with Gasteiger partial charge in [-0.3, -0.25) is 18.4 Å². The van der Waals surface area contributed by atoms with Crippen molar-refractivity contribution in [2.45, 2.75) is 0 Å². The summed E-state index contributed by atoms with van der Waals surface area (Å²) in [6, 6.07) is 78.9. The van der Waals surface area contributed by atoms with E-state index in [2.05, 4.69) is 252 Å². The summed E-state index contributed by atoms with van der Waals surface area (Å²) < 4.78 is 3.60. The van der Waals surface area contributed by atoms with Crippen LogP contribution in [0.2, 0.25) is 0 Å². The van der Waals surface area contributed by atoms with Crippen LogP contribution in [0.25, 0.3) is 180 Å². The predicted octanol–water partition coefficient (Wildman–Crippen LogP) is 21.0. The van der Waals surface area contributed by atoms with Crippen LogP contribution >= 0.6 is 0 Å². The molecule has 16 aromatic rings. The van der Waals surface area contributed by atoms with Crippen LogP contribution < -0.4 is 11.1 Å². The van der Waals surface area contributed by atoms with Crippen LogP contribution in [0.4, 0.5) is 0 Å². The Morgan fingerprint density at radius 1 is 0.267 bits per heavy atom. The molecule has 4 heterocycles. The van der Waals surface area contributed by atoms with Gasteiger partial charge in [0.1, 0.15) is 11.3 Å². The first-order valence-corrected chi connectivity index (χ1v) is 29.9. The topological polar surface area (TPSA) is 68.7 Å². The molecule has 0 unspecified atom stereocenters. The van der Waals surface area contributed by atoms with Crippen LogP contribution in [0.5, 0.6) is 0 Å². The summed E-state index contributed by atoms with van der Waals surface area (Å²) in [5.41, 5.74) is 23.1. The third kappa shape index (κ3) is 8.96. The van der Waals surface area contributed by atoms with Crippen molar-refractivity contribution in [2.75, 3.05) is 0 Å². The summed E-state index contributed by atoms with van der Waals surface area (Å²) in [6.07, 6.45) is 11.0. The van der Waals surface area contributed by atoms with Gasteiger partial charge < -0.3 is 0 Å². The third-order valence-corrected chi connectivity index (χ3v) is 17.7. The molecule has 0 aliphatic rings. The number of rotatable bonds is 12. The quantitative estimate of drug-likeness (QED) is 0.122. The molecule has 0 radical (unpaired) electrons. The lowest BCUT2D eigenvalue weighted by molar-refractivity contribution is 1.19. The molecular weight excluding hydrogens is 1100 g/mol. The maximum Gasteiger partial charge on any atom is 0.264 e. The minimum absolute atomic E-state index is 0.0723. The third-order valence-electron chi connectivity index (χ3n) is 17.7. The Labute approximate surface area is 519 Å². The molecule has 0 N–H and O–H groups in total. The van der Waals surface area contributed by atoms with Gasteiger partial charge in [-0.1, -0.05) is 264 Å². The van der Waals surface area contributed by atoms with Gasteiger partial charge in [-0.2, -0.15) is 0 Å². The van der Waals surface area contributed by atoms with E-state index in [1.807, 2.05) is 54.7 Å². The first-order valence-electron chi connectivity index (χ1n) is 29.9. The lowest BCUT2D eigenvalue weighted by Crippen LogP contribution is -2.13. The Kier molecular flexibility index (Phi) is 13.3. The smallest absolute Gasteiger partial charge is 0.264 e. The van der Waals surface area contributed by atoms with E-state index in [9.17, 15) is 9.59 Å². The highest BCUT2D eigenvalue weighted by Crippen LogP contribution is 2.42. The highest BCUT2D eigenvalue weighted by Gasteiger charge is 2.24. The monoisotopic (exact) mass is 1150 g/mol. The molecule has 0 spiro atoms. The average molecular weight is 1150 g/mol. The average Bonchev–Trinajstić information content (AvgIpc) is 1.54. The first-order chi connectivity index (χ1) is 44.1. The van der Waals surface area contributed by atoms with Crippen LogP contribution in [0.15, 0.2) is 280 Å². The van der Waals surface area contributed by atoms with Crippen LogP contribution in [-0.2, 0) is 0 Å². The molecule has 12 aromatic carbocycles. The molecular formula is C84H56N4O2. The zero-order valence-electron chi connectivity index (χ0n) is 49.3. The zero-order chi connectivity index (χ0) is 61.3. The summed E-state index contributed by atoms with van der Waals surface area (Å²) >= 11 is 0. The predicted molar refractivity (Wildman–Crippen MR) is 383 cm³/mol. The molecule has 0 saturated carbocycles. The minimum atomic E-state index is -0.0723. The number of imidazole rings is 2. The molecule has 0 saturated heterocycles. The van der Waals surface area contributed by atoms with E-state index in [0.29, 0.717) is 22.1 Å². The van der Waals surface area contributed by atoms with Crippen molar-refractivity contribution in [3.63, 3.8) is 0 Å². The van der Waals surface area contributed by atoms with Crippen molar-refractivity contribution in [2.24, 2.45) is 0 Å². The SMILES string of the molecule is C=Cc1ccc(-c2cc(-c3ccc(C=C)cc3)c3nc4c5ccc(-c6ccc(C=C)cc6)c6cccc(c(=O)n4c3c2)c65)cc1.C=Cc1ccc(-c2cc(-c3ccc(C=C)cc3)c3nc4c5cccc6c(-c7ccc(C=C)cc7)ccc(c(=O)n4c3c2)c65)cc1. The maximum atomic E-state index is 14.5. The molecule has 0 bridgehead atoms. The summed E-state index contributed by atoms with van der Waals surface area (Å²) in [7, 11) is 0. The highest BCUT2D eigenvalue weighted by molar-refractivity contribution is 6.21. The van der Waals surface area contributed by atoms with Crippen molar-refractivity contribution in [3.8, 4) is 66.8 Å². The number of benzene rings is 12. The molecule has 4 aromatic heterocycles. The number of fused-ring (bicyclic) bond motifs is 8. The minimum Gasteiger partial charge on any atom is -0.268 e. The molecule has 0 aliphatic carbocycles. The summed E-state index contributed by atoms with van der Waals surface area (Å²) in [5, 5.41) is 7.20. The number of aromatic nitrogens is 4. The Balaban J connectivity index is 0.000000150. The summed E-state index contributed by atoms with van der Waals surface area (Å²) in [5.74, 6) is 0. The van der Waals surface area contributed by atoms with Crippen LogP contribution in [0.3, 0.4) is 0 Å². The van der Waals surface area contributed by atoms with Gasteiger partial charge in [-0.25, -0.2) is 9.97 Å². The Morgan fingerprint density at radius 3 is 0.889 bits per heavy atom. The molecule has 6 nitrogen and oxygen atoms in total. The summed E-state index contributed by atoms with van der Waals surface area (Å²) in [6.45, 7) is 23.4. The van der Waals surface area contributed by atoms with Gasteiger partial charge in [0.25, 0.3) is 11.1 Å².